The molecule has 0 saturated heterocycles. The van der Waals surface area contributed by atoms with Gasteiger partial charge in [-0.25, -0.2) is 14.6 Å². The molecular weight excluding hydrogens is 366 g/mol. The molecule has 1 aliphatic rings. The lowest BCUT2D eigenvalue weighted by molar-refractivity contribution is -0.120. The molecule has 1 atom stereocenters. The molecule has 2 aromatic heterocycles. The maximum Gasteiger partial charge on any atom is 0.265 e. The Morgan fingerprint density at radius 1 is 1.10 bits per heavy atom. The van der Waals surface area contributed by atoms with Crippen LogP contribution in [-0.2, 0) is 11.2 Å². The summed E-state index contributed by atoms with van der Waals surface area (Å²) in [6.07, 6.45) is 3.94. The molecule has 144 valence electrons. The first-order valence-electron chi connectivity index (χ1n) is 9.49. The molecule has 0 saturated carbocycles. The first-order valence-corrected chi connectivity index (χ1v) is 9.49. The van der Waals surface area contributed by atoms with Gasteiger partial charge in [0.15, 0.2) is 12.3 Å². The number of amides is 1. The first-order chi connectivity index (χ1) is 14.2. The van der Waals surface area contributed by atoms with Gasteiger partial charge in [0.2, 0.25) is 5.88 Å². The molecule has 5 rings (SSSR count). The van der Waals surface area contributed by atoms with Gasteiger partial charge in [0.05, 0.1) is 11.9 Å². The van der Waals surface area contributed by atoms with E-state index in [4.69, 9.17) is 4.74 Å². The largest absolute Gasteiger partial charge is 0.467 e. The number of carbonyl (C=O) groups excluding carboxylic acids is 1. The van der Waals surface area contributed by atoms with E-state index in [1.54, 1.807) is 15.8 Å². The zero-order chi connectivity index (χ0) is 19.8. The molecule has 0 aliphatic carbocycles. The molecule has 0 bridgehead atoms. The van der Waals surface area contributed by atoms with E-state index in [2.05, 4.69) is 21.1 Å². The van der Waals surface area contributed by atoms with Crippen molar-refractivity contribution in [3.05, 3.63) is 72.7 Å². The average molecular weight is 385 g/mol. The van der Waals surface area contributed by atoms with Crippen LogP contribution in [0.4, 0.5) is 5.69 Å². The summed E-state index contributed by atoms with van der Waals surface area (Å²) < 4.78 is 7.54. The molecule has 0 radical (unpaired) electrons. The summed E-state index contributed by atoms with van der Waals surface area (Å²) in [7, 11) is 0. The van der Waals surface area contributed by atoms with Crippen molar-refractivity contribution < 1.29 is 9.53 Å². The second-order valence-electron chi connectivity index (χ2n) is 7.04. The Balaban J connectivity index is 1.39. The van der Waals surface area contributed by atoms with Gasteiger partial charge in [-0.2, -0.15) is 5.10 Å². The highest BCUT2D eigenvalue weighted by Gasteiger charge is 2.30. The minimum Gasteiger partial charge on any atom is -0.467 e. The molecule has 3 heterocycles. The normalized spacial score (nSPS) is 15.5. The van der Waals surface area contributed by atoms with E-state index in [1.807, 2.05) is 55.5 Å². The van der Waals surface area contributed by atoms with Crippen molar-refractivity contribution in [1.82, 2.24) is 19.7 Å². The number of ether oxygens (including phenoxy) is 1. The number of fused-ring (bicyclic) bond motifs is 2. The van der Waals surface area contributed by atoms with Crippen molar-refractivity contribution in [1.29, 1.82) is 0 Å². The second kappa shape index (κ2) is 7.01. The number of carbonyl (C=O) groups is 1. The zero-order valence-electron chi connectivity index (χ0n) is 15.9. The molecule has 2 aromatic carbocycles. The van der Waals surface area contributed by atoms with Crippen LogP contribution in [0.1, 0.15) is 12.5 Å². The van der Waals surface area contributed by atoms with Gasteiger partial charge in [-0.15, -0.1) is 0 Å². The topological polar surface area (TPSA) is 73.1 Å². The van der Waals surface area contributed by atoms with Crippen LogP contribution in [0.15, 0.2) is 67.1 Å². The number of para-hydroxylation sites is 2. The monoisotopic (exact) mass is 385 g/mol. The van der Waals surface area contributed by atoms with Crippen molar-refractivity contribution in [3.8, 4) is 11.6 Å². The number of rotatable bonds is 4. The number of aromatic nitrogens is 4. The van der Waals surface area contributed by atoms with Crippen molar-refractivity contribution in [2.75, 3.05) is 11.5 Å². The van der Waals surface area contributed by atoms with Gasteiger partial charge in [0, 0.05) is 11.7 Å². The van der Waals surface area contributed by atoms with E-state index in [1.165, 1.54) is 11.9 Å². The van der Waals surface area contributed by atoms with Gasteiger partial charge in [0.1, 0.15) is 11.7 Å². The van der Waals surface area contributed by atoms with Crippen molar-refractivity contribution in [2.45, 2.75) is 19.4 Å². The SMILES string of the molecule is C[C@@H]1Cc2ccccc2N1C(=O)COc1ncnc2c1cnn2-c1ccccc1. The molecule has 1 amide bonds. The van der Waals surface area contributed by atoms with Gasteiger partial charge in [-0.05, 0) is 37.1 Å². The first kappa shape index (κ1) is 17.4. The van der Waals surface area contributed by atoms with Crippen LogP contribution in [-0.4, -0.2) is 38.3 Å². The van der Waals surface area contributed by atoms with Crippen LogP contribution >= 0.6 is 0 Å². The Kier molecular flexibility index (Phi) is 4.20. The van der Waals surface area contributed by atoms with Gasteiger partial charge < -0.3 is 9.64 Å². The smallest absolute Gasteiger partial charge is 0.265 e. The third-order valence-electron chi connectivity index (χ3n) is 5.14. The Labute approximate surface area is 167 Å². The molecule has 4 aromatic rings. The number of benzene rings is 2. The molecule has 0 unspecified atom stereocenters. The number of nitrogens with zero attached hydrogens (tertiary/aromatic N) is 5. The van der Waals surface area contributed by atoms with Crippen LogP contribution < -0.4 is 9.64 Å². The Bertz CT molecular complexity index is 1190. The highest BCUT2D eigenvalue weighted by atomic mass is 16.5. The average Bonchev–Trinajstić information content (AvgIpc) is 3.33. The van der Waals surface area contributed by atoms with Gasteiger partial charge in [-0.1, -0.05) is 36.4 Å². The summed E-state index contributed by atoms with van der Waals surface area (Å²) in [5.74, 6) is 0.260. The number of hydrogen-bond acceptors (Lipinski definition) is 5. The van der Waals surface area contributed by atoms with E-state index in [0.717, 1.165) is 17.8 Å². The van der Waals surface area contributed by atoms with Crippen LogP contribution in [0.3, 0.4) is 0 Å². The molecule has 0 spiro atoms. The van der Waals surface area contributed by atoms with Crippen LogP contribution in [0.2, 0.25) is 0 Å². The maximum atomic E-state index is 12.9. The van der Waals surface area contributed by atoms with Gasteiger partial charge in [0.25, 0.3) is 5.91 Å². The number of anilines is 1. The lowest BCUT2D eigenvalue weighted by atomic mass is 10.1. The predicted molar refractivity (Wildman–Crippen MR) is 109 cm³/mol. The Morgan fingerprint density at radius 2 is 1.90 bits per heavy atom. The van der Waals surface area contributed by atoms with Crippen molar-refractivity contribution >= 4 is 22.6 Å². The van der Waals surface area contributed by atoms with E-state index in [9.17, 15) is 4.79 Å². The standard InChI is InChI=1S/C22H19N5O2/c1-15-11-16-7-5-6-10-19(16)26(15)20(28)13-29-22-18-12-25-27(21(18)23-14-24-22)17-8-3-2-4-9-17/h2-10,12,14-15H,11,13H2,1H3/t15-/m1/s1. The van der Waals surface area contributed by atoms with Gasteiger partial charge >= 0.3 is 0 Å². The fourth-order valence-corrected chi connectivity index (χ4v) is 3.84. The summed E-state index contributed by atoms with van der Waals surface area (Å²) >= 11 is 0. The molecule has 1 aliphatic heterocycles. The van der Waals surface area contributed by atoms with Crippen molar-refractivity contribution in [2.24, 2.45) is 0 Å². The third kappa shape index (κ3) is 3.00. The predicted octanol–water partition coefficient (Wildman–Crippen LogP) is 3.17. The highest BCUT2D eigenvalue weighted by molar-refractivity contribution is 5.97. The van der Waals surface area contributed by atoms with Gasteiger partial charge in [-0.3, -0.25) is 4.79 Å². The molecule has 7 nitrogen and oxygen atoms in total. The molecule has 7 heteroatoms. The van der Waals surface area contributed by atoms with Crippen molar-refractivity contribution in [3.63, 3.8) is 0 Å². The van der Waals surface area contributed by atoms with E-state index >= 15 is 0 Å². The second-order valence-corrected chi connectivity index (χ2v) is 7.04. The molecular formula is C22H19N5O2. The summed E-state index contributed by atoms with van der Waals surface area (Å²) in [5.41, 5.74) is 3.67. The fraction of sp³-hybridized carbons (Fsp3) is 0.182. The lowest BCUT2D eigenvalue weighted by Gasteiger charge is -2.22. The Hall–Kier alpha value is -3.74. The Morgan fingerprint density at radius 3 is 2.76 bits per heavy atom. The summed E-state index contributed by atoms with van der Waals surface area (Å²) in [6, 6.07) is 17.8. The number of hydrogen-bond donors (Lipinski definition) is 0. The summed E-state index contributed by atoms with van der Waals surface area (Å²) in [5, 5.41) is 5.08. The minimum atomic E-state index is -0.0959. The van der Waals surface area contributed by atoms with E-state index in [-0.39, 0.29) is 18.6 Å². The summed E-state index contributed by atoms with van der Waals surface area (Å²) in [6.45, 7) is 1.95. The molecule has 0 N–H and O–H groups in total. The molecule has 29 heavy (non-hydrogen) atoms. The summed E-state index contributed by atoms with van der Waals surface area (Å²) in [4.78, 5) is 23.3. The highest BCUT2D eigenvalue weighted by Crippen LogP contribution is 2.32. The quantitative estimate of drug-likeness (QED) is 0.539. The fourth-order valence-electron chi connectivity index (χ4n) is 3.84. The van der Waals surface area contributed by atoms with E-state index in [0.29, 0.717) is 16.9 Å². The minimum absolute atomic E-state index is 0.0929. The lowest BCUT2D eigenvalue weighted by Crippen LogP contribution is -2.39. The van der Waals surface area contributed by atoms with Crippen LogP contribution in [0.25, 0.3) is 16.7 Å². The molecule has 0 fully saturated rings. The third-order valence-corrected chi connectivity index (χ3v) is 5.14. The van der Waals surface area contributed by atoms with Crippen LogP contribution in [0, 0.1) is 0 Å². The van der Waals surface area contributed by atoms with E-state index < -0.39 is 0 Å². The van der Waals surface area contributed by atoms with Crippen LogP contribution in [0.5, 0.6) is 5.88 Å². The maximum absolute atomic E-state index is 12.9. The zero-order valence-corrected chi connectivity index (χ0v) is 15.9.